The van der Waals surface area contributed by atoms with Crippen molar-refractivity contribution in [3.8, 4) is 39.1 Å². The zero-order valence-electron chi connectivity index (χ0n) is 34.9. The Balaban J connectivity index is 0.000000246. The van der Waals surface area contributed by atoms with E-state index >= 15 is 0 Å². The molecule has 63 heavy (non-hydrogen) atoms. The number of nitrogens with zero attached hydrogens (tertiary/aromatic N) is 1. The molecule has 1 aliphatic carbocycles. The fourth-order valence-electron chi connectivity index (χ4n) is 10.6. The Bertz CT molecular complexity index is 4040. The normalized spacial score (nSPS) is 12.0. The van der Waals surface area contributed by atoms with E-state index in [0.717, 1.165) is 5.57 Å². The summed E-state index contributed by atoms with van der Waals surface area (Å²) >= 11 is 3.77. The van der Waals surface area contributed by atoms with Gasteiger partial charge in [0.05, 0.1) is 11.0 Å². The fraction of sp³-hybridized carbons (Fsp3) is 0.0333. The maximum absolute atomic E-state index is 4.02. The summed E-state index contributed by atoms with van der Waals surface area (Å²) in [5.41, 5.74) is 15.3. The van der Waals surface area contributed by atoms with Gasteiger partial charge in [0.2, 0.25) is 0 Å². The minimum atomic E-state index is 1.13. The minimum absolute atomic E-state index is 1.13. The summed E-state index contributed by atoms with van der Waals surface area (Å²) in [5, 5.41) is 13.3. The van der Waals surface area contributed by atoms with Crippen molar-refractivity contribution in [2.45, 2.75) is 13.8 Å². The number of thiophene rings is 2. The van der Waals surface area contributed by atoms with Gasteiger partial charge in [-0.25, -0.2) is 0 Å². The molecule has 0 fully saturated rings. The number of hydrogen-bond donors (Lipinski definition) is 0. The Morgan fingerprint density at radius 1 is 0.413 bits per heavy atom. The largest absolute Gasteiger partial charge is 0.309 e. The molecule has 296 valence electrons. The van der Waals surface area contributed by atoms with Crippen LogP contribution in [-0.2, 0) is 0 Å². The van der Waals surface area contributed by atoms with Crippen LogP contribution < -0.4 is 0 Å². The summed E-state index contributed by atoms with van der Waals surface area (Å²) in [6.07, 6.45) is 0. The molecule has 0 spiro atoms. The van der Waals surface area contributed by atoms with Gasteiger partial charge in [0.1, 0.15) is 0 Å². The molecule has 0 bridgehead atoms. The van der Waals surface area contributed by atoms with Crippen LogP contribution >= 0.6 is 22.7 Å². The van der Waals surface area contributed by atoms with Crippen LogP contribution in [0.5, 0.6) is 0 Å². The Morgan fingerprint density at radius 3 is 1.87 bits per heavy atom. The standard InChI is InChI=1S/C46H25NS2.C14H14/c1-2-9-30-29(8-1)32-13-7-12-31-28(18-19-33(30)44(31)32)26-16-21-41-36(24-26)37-25-27(17-22-42(37)48-41)47-38-14-5-3-10-34(38)45-39(47)20-23-43-46(45)35-11-4-6-15-40(35)49-43;1-10(2)13-9-5-8-12-7-4-6-11(3)14(12)13/h1-25H;4-9H,1H2,2-3H3. The number of hydrogen-bond acceptors (Lipinski definition) is 2. The molecular weight excluding hydrogens is 799 g/mol. The molecule has 0 saturated heterocycles. The van der Waals surface area contributed by atoms with Crippen LogP contribution in [0.1, 0.15) is 18.1 Å². The van der Waals surface area contributed by atoms with Gasteiger partial charge in [0.25, 0.3) is 0 Å². The Kier molecular flexibility index (Phi) is 8.00. The number of rotatable bonds is 3. The van der Waals surface area contributed by atoms with Crippen molar-refractivity contribution in [2.24, 2.45) is 0 Å². The molecule has 0 saturated carbocycles. The smallest absolute Gasteiger partial charge is 0.0548 e. The molecule has 1 nitrogen and oxygen atoms in total. The third kappa shape index (κ3) is 5.40. The van der Waals surface area contributed by atoms with E-state index in [1.54, 1.807) is 0 Å². The molecule has 10 aromatic carbocycles. The second kappa shape index (κ2) is 13.9. The SMILES string of the molecule is C=C(C)c1cccc2cccc(C)c12.c1ccc2c(c1)-c1cccc3c(-c4ccc5sc6ccc(-n7c8ccccc8c8c9c(ccc87)sc7ccccc79)cc6c5c4)ccc-2c13. The third-order valence-corrected chi connectivity index (χ3v) is 15.6. The number of para-hydroxylation sites is 1. The summed E-state index contributed by atoms with van der Waals surface area (Å²) in [6.45, 7) is 8.22. The van der Waals surface area contributed by atoms with Crippen molar-refractivity contribution < 1.29 is 0 Å². The Morgan fingerprint density at radius 2 is 1.03 bits per heavy atom. The molecule has 13 aromatic rings. The van der Waals surface area contributed by atoms with E-state index in [9.17, 15) is 0 Å². The van der Waals surface area contributed by atoms with Crippen molar-refractivity contribution in [2.75, 3.05) is 0 Å². The van der Waals surface area contributed by atoms with Gasteiger partial charge in [-0.15, -0.1) is 22.7 Å². The van der Waals surface area contributed by atoms with Gasteiger partial charge in [-0.1, -0.05) is 146 Å². The van der Waals surface area contributed by atoms with Gasteiger partial charge in [-0.2, -0.15) is 0 Å². The molecule has 0 unspecified atom stereocenters. The first-order valence-corrected chi connectivity index (χ1v) is 23.2. The molecule has 1 aliphatic rings. The van der Waals surface area contributed by atoms with Crippen LogP contribution in [0.4, 0.5) is 0 Å². The number of allylic oxidation sites excluding steroid dienone is 1. The summed E-state index contributed by atoms with van der Waals surface area (Å²) in [6, 6.07) is 69.6. The van der Waals surface area contributed by atoms with E-state index in [0.29, 0.717) is 0 Å². The van der Waals surface area contributed by atoms with Gasteiger partial charge >= 0.3 is 0 Å². The zero-order valence-corrected chi connectivity index (χ0v) is 36.5. The first-order chi connectivity index (χ1) is 31.0. The van der Waals surface area contributed by atoms with Gasteiger partial charge in [0.15, 0.2) is 0 Å². The number of aromatic nitrogens is 1. The van der Waals surface area contributed by atoms with Crippen LogP contribution in [-0.4, -0.2) is 4.57 Å². The Hall–Kier alpha value is -7.30. The quantitative estimate of drug-likeness (QED) is 0.167. The number of benzene rings is 10. The number of fused-ring (bicyclic) bond motifs is 14. The van der Waals surface area contributed by atoms with Crippen molar-refractivity contribution in [1.29, 1.82) is 0 Å². The second-order valence-electron chi connectivity index (χ2n) is 17.0. The van der Waals surface area contributed by atoms with E-state index in [1.807, 2.05) is 22.7 Å². The zero-order chi connectivity index (χ0) is 41.9. The predicted molar refractivity (Wildman–Crippen MR) is 277 cm³/mol. The van der Waals surface area contributed by atoms with Crippen molar-refractivity contribution in [3.05, 3.63) is 206 Å². The highest BCUT2D eigenvalue weighted by molar-refractivity contribution is 7.26. The average Bonchev–Trinajstić information content (AvgIpc) is 4.07. The van der Waals surface area contributed by atoms with Crippen molar-refractivity contribution >= 4 is 112 Å². The third-order valence-electron chi connectivity index (χ3n) is 13.3. The molecule has 0 aliphatic heterocycles. The lowest BCUT2D eigenvalue weighted by molar-refractivity contribution is 1.19. The highest BCUT2D eigenvalue weighted by atomic mass is 32.1. The van der Waals surface area contributed by atoms with Crippen LogP contribution in [0.3, 0.4) is 0 Å². The highest BCUT2D eigenvalue weighted by Gasteiger charge is 2.23. The van der Waals surface area contributed by atoms with E-state index < -0.39 is 0 Å². The molecule has 0 amide bonds. The number of aryl methyl sites for hydroxylation is 1. The lowest BCUT2D eigenvalue weighted by Gasteiger charge is -2.10. The van der Waals surface area contributed by atoms with E-state index in [4.69, 9.17) is 0 Å². The van der Waals surface area contributed by atoms with E-state index in [1.165, 1.54) is 134 Å². The summed E-state index contributed by atoms with van der Waals surface area (Å²) in [5.74, 6) is 0. The van der Waals surface area contributed by atoms with Crippen LogP contribution in [0, 0.1) is 6.92 Å². The van der Waals surface area contributed by atoms with Gasteiger partial charge in [-0.05, 0) is 134 Å². The van der Waals surface area contributed by atoms with Crippen LogP contribution in [0.15, 0.2) is 195 Å². The maximum atomic E-state index is 4.02. The first-order valence-electron chi connectivity index (χ1n) is 21.6. The lowest BCUT2D eigenvalue weighted by Crippen LogP contribution is -1.93. The van der Waals surface area contributed by atoms with E-state index in [2.05, 4.69) is 213 Å². The molecular formula is C60H39NS2. The first kappa shape index (κ1) is 36.4. The molecule has 14 rings (SSSR count). The van der Waals surface area contributed by atoms with Crippen molar-refractivity contribution in [1.82, 2.24) is 4.57 Å². The summed E-state index contributed by atoms with van der Waals surface area (Å²) in [7, 11) is 0. The highest BCUT2D eigenvalue weighted by Crippen LogP contribution is 2.50. The van der Waals surface area contributed by atoms with Gasteiger partial charge in [0, 0.05) is 56.8 Å². The van der Waals surface area contributed by atoms with Crippen LogP contribution in [0.2, 0.25) is 0 Å². The maximum Gasteiger partial charge on any atom is 0.0548 e. The Labute approximate surface area is 373 Å². The lowest BCUT2D eigenvalue weighted by atomic mass is 9.93. The van der Waals surface area contributed by atoms with Gasteiger partial charge < -0.3 is 4.57 Å². The molecule has 0 radical (unpaired) electrons. The molecule has 0 atom stereocenters. The average molecular weight is 838 g/mol. The summed E-state index contributed by atoms with van der Waals surface area (Å²) in [4.78, 5) is 0. The fourth-order valence-corrected chi connectivity index (χ4v) is 12.7. The second-order valence-corrected chi connectivity index (χ2v) is 19.1. The minimum Gasteiger partial charge on any atom is -0.309 e. The topological polar surface area (TPSA) is 4.93 Å². The summed E-state index contributed by atoms with van der Waals surface area (Å²) < 4.78 is 7.80. The molecule has 3 heterocycles. The van der Waals surface area contributed by atoms with E-state index in [-0.39, 0.29) is 0 Å². The van der Waals surface area contributed by atoms with Crippen molar-refractivity contribution in [3.63, 3.8) is 0 Å². The molecule has 3 heteroatoms. The van der Waals surface area contributed by atoms with Crippen LogP contribution in [0.25, 0.3) is 128 Å². The molecule has 3 aromatic heterocycles. The molecule has 0 N–H and O–H groups in total. The van der Waals surface area contributed by atoms with Gasteiger partial charge in [-0.3, -0.25) is 0 Å². The monoisotopic (exact) mass is 837 g/mol. The predicted octanol–water partition coefficient (Wildman–Crippen LogP) is 18.2.